The fourth-order valence-corrected chi connectivity index (χ4v) is 1.94. The van der Waals surface area contributed by atoms with Gasteiger partial charge in [0.15, 0.2) is 0 Å². The van der Waals surface area contributed by atoms with Crippen molar-refractivity contribution in [3.63, 3.8) is 0 Å². The highest BCUT2D eigenvalue weighted by Gasteiger charge is 2.12. The second kappa shape index (κ2) is 7.95. The van der Waals surface area contributed by atoms with Gasteiger partial charge in [0.2, 0.25) is 5.91 Å². The second-order valence-electron chi connectivity index (χ2n) is 5.47. The van der Waals surface area contributed by atoms with Gasteiger partial charge in [-0.1, -0.05) is 51.1 Å². The molecule has 2 atom stereocenters. The molecule has 3 heteroatoms. The van der Waals surface area contributed by atoms with Crippen LogP contribution in [0.1, 0.15) is 45.1 Å². The fraction of sp³-hybridized carbons (Fsp3) is 0.562. The van der Waals surface area contributed by atoms with Gasteiger partial charge in [0.25, 0.3) is 0 Å². The molecule has 0 saturated heterocycles. The Morgan fingerprint density at radius 2 is 1.84 bits per heavy atom. The van der Waals surface area contributed by atoms with Crippen molar-refractivity contribution in [1.29, 1.82) is 0 Å². The molecular weight excluding hydrogens is 238 g/mol. The van der Waals surface area contributed by atoms with E-state index < -0.39 is 0 Å². The third kappa shape index (κ3) is 5.88. The topological polar surface area (TPSA) is 49.3 Å². The minimum atomic E-state index is -0.341. The summed E-state index contributed by atoms with van der Waals surface area (Å²) < 4.78 is 0. The Bertz CT molecular complexity index is 376. The van der Waals surface area contributed by atoms with Crippen molar-refractivity contribution in [1.82, 2.24) is 5.32 Å². The third-order valence-corrected chi connectivity index (χ3v) is 3.39. The smallest absolute Gasteiger partial charge is 0.220 e. The predicted octanol–water partition coefficient (Wildman–Crippen LogP) is 2.70. The van der Waals surface area contributed by atoms with Crippen LogP contribution in [0.25, 0.3) is 0 Å². The van der Waals surface area contributed by atoms with E-state index in [-0.39, 0.29) is 23.8 Å². The monoisotopic (exact) mass is 263 g/mol. The van der Waals surface area contributed by atoms with Gasteiger partial charge in [-0.2, -0.15) is 0 Å². The van der Waals surface area contributed by atoms with Crippen LogP contribution in [0.15, 0.2) is 30.3 Å². The molecule has 0 aliphatic carbocycles. The molecule has 2 N–H and O–H groups in total. The first-order chi connectivity index (χ1) is 9.00. The maximum absolute atomic E-state index is 11.8. The Morgan fingerprint density at radius 3 is 2.42 bits per heavy atom. The van der Waals surface area contributed by atoms with Crippen molar-refractivity contribution in [3.8, 4) is 0 Å². The first kappa shape index (κ1) is 15.7. The van der Waals surface area contributed by atoms with Crippen LogP contribution in [0.4, 0.5) is 0 Å². The molecule has 0 saturated carbocycles. The summed E-state index contributed by atoms with van der Waals surface area (Å²) in [6.45, 7) is 6.55. The normalized spacial score (nSPS) is 14.2. The molecule has 1 aromatic rings. The molecule has 0 aromatic heterocycles. The molecule has 0 fully saturated rings. The Hall–Kier alpha value is -1.35. The van der Waals surface area contributed by atoms with Crippen molar-refractivity contribution in [3.05, 3.63) is 35.9 Å². The van der Waals surface area contributed by atoms with E-state index in [9.17, 15) is 9.90 Å². The van der Waals surface area contributed by atoms with Gasteiger partial charge in [0, 0.05) is 13.0 Å². The van der Waals surface area contributed by atoms with Gasteiger partial charge in [-0.05, 0) is 23.8 Å². The van der Waals surface area contributed by atoms with Gasteiger partial charge < -0.3 is 10.4 Å². The average molecular weight is 263 g/mol. The van der Waals surface area contributed by atoms with Gasteiger partial charge in [0.1, 0.15) is 0 Å². The molecule has 1 amide bonds. The number of rotatable bonds is 7. The standard InChI is InChI=1S/C16H25NO2/c1-12(2)15(18)9-10-17-16(19)11-13(3)14-7-5-4-6-8-14/h4-8,12-13,15,18H,9-11H2,1-3H3,(H,17,19). The fourth-order valence-electron chi connectivity index (χ4n) is 1.94. The zero-order valence-electron chi connectivity index (χ0n) is 12.1. The SMILES string of the molecule is CC(CC(=O)NCCC(O)C(C)C)c1ccccc1. The number of benzene rings is 1. The third-order valence-electron chi connectivity index (χ3n) is 3.39. The number of amides is 1. The summed E-state index contributed by atoms with van der Waals surface area (Å²) in [5.74, 6) is 0.503. The van der Waals surface area contributed by atoms with Crippen LogP contribution in [-0.2, 0) is 4.79 Å². The molecule has 19 heavy (non-hydrogen) atoms. The number of aliphatic hydroxyl groups excluding tert-OH is 1. The van der Waals surface area contributed by atoms with Crippen molar-refractivity contribution < 1.29 is 9.90 Å². The summed E-state index contributed by atoms with van der Waals surface area (Å²) in [5.41, 5.74) is 1.18. The quantitative estimate of drug-likeness (QED) is 0.794. The Balaban J connectivity index is 2.28. The summed E-state index contributed by atoms with van der Waals surface area (Å²) in [5, 5.41) is 12.5. The van der Waals surface area contributed by atoms with E-state index in [4.69, 9.17) is 0 Å². The molecule has 0 heterocycles. The number of aliphatic hydroxyl groups is 1. The zero-order valence-corrected chi connectivity index (χ0v) is 12.1. The number of carbonyl (C=O) groups excluding carboxylic acids is 1. The van der Waals surface area contributed by atoms with E-state index >= 15 is 0 Å². The summed E-state index contributed by atoms with van der Waals surface area (Å²) in [4.78, 5) is 11.8. The van der Waals surface area contributed by atoms with E-state index in [1.54, 1.807) is 0 Å². The van der Waals surface area contributed by atoms with Crippen molar-refractivity contribution in [2.24, 2.45) is 5.92 Å². The van der Waals surface area contributed by atoms with Crippen molar-refractivity contribution in [2.75, 3.05) is 6.54 Å². The Labute approximate surface area is 116 Å². The lowest BCUT2D eigenvalue weighted by atomic mass is 9.97. The molecule has 3 nitrogen and oxygen atoms in total. The molecule has 0 aliphatic heterocycles. The summed E-state index contributed by atoms with van der Waals surface area (Å²) in [6.07, 6.45) is 0.761. The highest BCUT2D eigenvalue weighted by atomic mass is 16.3. The van der Waals surface area contributed by atoms with Crippen LogP contribution in [0.3, 0.4) is 0 Å². The van der Waals surface area contributed by atoms with Crippen LogP contribution < -0.4 is 5.32 Å². The zero-order chi connectivity index (χ0) is 14.3. The first-order valence-corrected chi connectivity index (χ1v) is 7.00. The van der Waals surface area contributed by atoms with Crippen LogP contribution in [0.2, 0.25) is 0 Å². The highest BCUT2D eigenvalue weighted by Crippen LogP contribution is 2.18. The summed E-state index contributed by atoms with van der Waals surface area (Å²) in [6, 6.07) is 10.0. The van der Waals surface area contributed by atoms with Gasteiger partial charge >= 0.3 is 0 Å². The van der Waals surface area contributed by atoms with E-state index in [0.29, 0.717) is 19.4 Å². The molecule has 1 aromatic carbocycles. The predicted molar refractivity (Wildman–Crippen MR) is 77.9 cm³/mol. The minimum Gasteiger partial charge on any atom is -0.393 e. The average Bonchev–Trinajstić information content (AvgIpc) is 2.39. The number of nitrogens with one attached hydrogen (secondary N) is 1. The molecule has 106 valence electrons. The van der Waals surface area contributed by atoms with Gasteiger partial charge in [-0.15, -0.1) is 0 Å². The largest absolute Gasteiger partial charge is 0.393 e. The highest BCUT2D eigenvalue weighted by molar-refractivity contribution is 5.76. The Kier molecular flexibility index (Phi) is 6.57. The van der Waals surface area contributed by atoms with Gasteiger partial charge in [-0.3, -0.25) is 4.79 Å². The van der Waals surface area contributed by atoms with Crippen molar-refractivity contribution in [2.45, 2.75) is 45.6 Å². The molecule has 2 unspecified atom stereocenters. The molecule has 0 spiro atoms. The maximum Gasteiger partial charge on any atom is 0.220 e. The summed E-state index contributed by atoms with van der Waals surface area (Å²) in [7, 11) is 0. The van der Waals surface area contributed by atoms with E-state index in [2.05, 4.69) is 12.2 Å². The van der Waals surface area contributed by atoms with Gasteiger partial charge in [0.05, 0.1) is 6.10 Å². The van der Waals surface area contributed by atoms with Crippen LogP contribution in [-0.4, -0.2) is 23.7 Å². The number of carbonyl (C=O) groups is 1. The molecule has 0 radical (unpaired) electrons. The molecule has 0 aliphatic rings. The number of hydrogen-bond donors (Lipinski definition) is 2. The molecular formula is C16H25NO2. The second-order valence-corrected chi connectivity index (χ2v) is 5.47. The summed E-state index contributed by atoms with van der Waals surface area (Å²) >= 11 is 0. The van der Waals surface area contributed by atoms with Crippen molar-refractivity contribution >= 4 is 5.91 Å². The number of hydrogen-bond acceptors (Lipinski definition) is 2. The lowest BCUT2D eigenvalue weighted by Gasteiger charge is -2.15. The Morgan fingerprint density at radius 1 is 1.21 bits per heavy atom. The van der Waals surface area contributed by atoms with E-state index in [1.165, 1.54) is 5.56 Å². The minimum absolute atomic E-state index is 0.0484. The maximum atomic E-state index is 11.8. The van der Waals surface area contributed by atoms with E-state index in [1.807, 2.05) is 44.2 Å². The lowest BCUT2D eigenvalue weighted by molar-refractivity contribution is -0.121. The van der Waals surface area contributed by atoms with Crippen LogP contribution in [0, 0.1) is 5.92 Å². The van der Waals surface area contributed by atoms with E-state index in [0.717, 1.165) is 0 Å². The van der Waals surface area contributed by atoms with Crippen LogP contribution in [0.5, 0.6) is 0 Å². The first-order valence-electron chi connectivity index (χ1n) is 7.00. The molecule has 1 rings (SSSR count). The lowest BCUT2D eigenvalue weighted by Crippen LogP contribution is -2.29. The van der Waals surface area contributed by atoms with Gasteiger partial charge in [-0.25, -0.2) is 0 Å². The molecule has 0 bridgehead atoms. The van der Waals surface area contributed by atoms with Crippen LogP contribution >= 0.6 is 0 Å².